The van der Waals surface area contributed by atoms with Crippen molar-refractivity contribution in [3.8, 4) is 0 Å². The maximum absolute atomic E-state index is 5.72. The predicted octanol–water partition coefficient (Wildman–Crippen LogP) is 1.53. The smallest absolute Gasteiger partial charge is 0.188 e. The number of thiazole rings is 1. The van der Waals surface area contributed by atoms with E-state index in [1.165, 1.54) is 0 Å². The van der Waals surface area contributed by atoms with Crippen LogP contribution < -0.4 is 11.1 Å². The Hall–Kier alpha value is -1.14. The highest BCUT2D eigenvalue weighted by Gasteiger charge is 2.17. The van der Waals surface area contributed by atoms with E-state index in [4.69, 9.17) is 10.5 Å². The van der Waals surface area contributed by atoms with E-state index in [1.54, 1.807) is 18.4 Å². The van der Waals surface area contributed by atoms with Gasteiger partial charge in [0, 0.05) is 30.9 Å². The minimum Gasteiger partial charge on any atom is -0.383 e. The first-order chi connectivity index (χ1) is 8.93. The minimum absolute atomic E-state index is 0.114. The third kappa shape index (κ3) is 6.02. The highest BCUT2D eigenvalue weighted by atomic mass is 32.1. The van der Waals surface area contributed by atoms with Gasteiger partial charge in [-0.2, -0.15) is 0 Å². The number of hydrogen-bond acceptors (Lipinski definition) is 4. The third-order valence-electron chi connectivity index (χ3n) is 2.54. The molecule has 0 radical (unpaired) electrons. The van der Waals surface area contributed by atoms with Crippen LogP contribution in [0.15, 0.2) is 10.4 Å². The second-order valence-electron chi connectivity index (χ2n) is 5.31. The summed E-state index contributed by atoms with van der Waals surface area (Å²) in [5.74, 6) is 0.463. The molecule has 0 aromatic carbocycles. The van der Waals surface area contributed by atoms with Crippen molar-refractivity contribution >= 4 is 17.3 Å². The van der Waals surface area contributed by atoms with E-state index in [2.05, 4.69) is 41.4 Å². The Labute approximate surface area is 119 Å². The van der Waals surface area contributed by atoms with Crippen molar-refractivity contribution in [2.75, 3.05) is 26.8 Å². The van der Waals surface area contributed by atoms with E-state index in [1.807, 2.05) is 0 Å². The second kappa shape index (κ2) is 7.45. The van der Waals surface area contributed by atoms with Crippen LogP contribution in [-0.2, 0) is 16.6 Å². The van der Waals surface area contributed by atoms with Crippen molar-refractivity contribution in [1.82, 2.24) is 10.3 Å². The molecule has 0 aliphatic rings. The van der Waals surface area contributed by atoms with Crippen LogP contribution in [0.5, 0.6) is 0 Å². The number of hydrogen-bond donors (Lipinski definition) is 2. The first-order valence-corrected chi connectivity index (χ1v) is 7.29. The van der Waals surface area contributed by atoms with Gasteiger partial charge in [-0.3, -0.25) is 4.99 Å². The van der Waals surface area contributed by atoms with Gasteiger partial charge in [0.2, 0.25) is 0 Å². The molecule has 0 bridgehead atoms. The normalized spacial score (nSPS) is 12.7. The molecule has 0 fully saturated rings. The summed E-state index contributed by atoms with van der Waals surface area (Å²) in [5.41, 5.74) is 6.98. The van der Waals surface area contributed by atoms with Crippen LogP contribution in [0, 0.1) is 0 Å². The highest BCUT2D eigenvalue weighted by molar-refractivity contribution is 7.09. The Morgan fingerprint density at radius 3 is 2.84 bits per heavy atom. The van der Waals surface area contributed by atoms with Crippen molar-refractivity contribution in [2.24, 2.45) is 10.7 Å². The lowest BCUT2D eigenvalue weighted by atomic mass is 9.93. The van der Waals surface area contributed by atoms with E-state index in [-0.39, 0.29) is 5.41 Å². The van der Waals surface area contributed by atoms with Gasteiger partial charge in [-0.05, 0) is 0 Å². The number of guanidine groups is 1. The predicted molar refractivity (Wildman–Crippen MR) is 80.9 cm³/mol. The van der Waals surface area contributed by atoms with Gasteiger partial charge in [0.15, 0.2) is 5.96 Å². The molecule has 1 rings (SSSR count). The van der Waals surface area contributed by atoms with Crippen LogP contribution in [0.25, 0.3) is 0 Å². The molecule has 108 valence electrons. The Balaban J connectivity index is 2.33. The molecule has 19 heavy (non-hydrogen) atoms. The molecule has 3 N–H and O–H groups in total. The lowest BCUT2D eigenvalue weighted by Crippen LogP contribution is -2.33. The average molecular weight is 284 g/mol. The number of aliphatic imine (C=N–C) groups is 1. The largest absolute Gasteiger partial charge is 0.383 e. The summed E-state index contributed by atoms with van der Waals surface area (Å²) >= 11 is 1.70. The summed E-state index contributed by atoms with van der Waals surface area (Å²) in [7, 11) is 1.65. The lowest BCUT2D eigenvalue weighted by Gasteiger charge is -2.14. The quantitative estimate of drug-likeness (QED) is 0.472. The summed E-state index contributed by atoms with van der Waals surface area (Å²) in [5, 5.41) is 6.33. The number of methoxy groups -OCH3 is 1. The van der Waals surface area contributed by atoms with E-state index in [0.29, 0.717) is 19.1 Å². The zero-order valence-electron chi connectivity index (χ0n) is 12.2. The molecular weight excluding hydrogens is 260 g/mol. The fraction of sp³-hybridized carbons (Fsp3) is 0.692. The van der Waals surface area contributed by atoms with E-state index >= 15 is 0 Å². The van der Waals surface area contributed by atoms with Gasteiger partial charge >= 0.3 is 0 Å². The van der Waals surface area contributed by atoms with Gasteiger partial charge in [0.25, 0.3) is 0 Å². The molecule has 1 aromatic rings. The summed E-state index contributed by atoms with van der Waals surface area (Å²) in [6.45, 7) is 8.43. The fourth-order valence-corrected chi connectivity index (χ4v) is 2.41. The van der Waals surface area contributed by atoms with E-state index < -0.39 is 0 Å². The molecule has 0 atom stereocenters. The zero-order valence-corrected chi connectivity index (χ0v) is 13.0. The van der Waals surface area contributed by atoms with E-state index in [0.717, 1.165) is 23.7 Å². The van der Waals surface area contributed by atoms with Crippen LogP contribution in [0.1, 0.15) is 31.5 Å². The van der Waals surface area contributed by atoms with Crippen molar-refractivity contribution in [1.29, 1.82) is 0 Å². The van der Waals surface area contributed by atoms with Crippen molar-refractivity contribution in [3.63, 3.8) is 0 Å². The number of ether oxygens (including phenoxy) is 1. The molecule has 1 aromatic heterocycles. The monoisotopic (exact) mass is 284 g/mol. The van der Waals surface area contributed by atoms with Crippen LogP contribution in [0.2, 0.25) is 0 Å². The molecular formula is C13H24N4OS. The maximum Gasteiger partial charge on any atom is 0.188 e. The topological polar surface area (TPSA) is 72.5 Å². The van der Waals surface area contributed by atoms with Crippen LogP contribution in [-0.4, -0.2) is 37.7 Å². The summed E-state index contributed by atoms with van der Waals surface area (Å²) in [6.07, 6.45) is 0.862. The van der Waals surface area contributed by atoms with Gasteiger partial charge in [-0.25, -0.2) is 4.98 Å². The summed E-state index contributed by atoms with van der Waals surface area (Å²) in [6, 6.07) is 0. The van der Waals surface area contributed by atoms with Crippen molar-refractivity contribution in [3.05, 3.63) is 16.1 Å². The third-order valence-corrected chi connectivity index (χ3v) is 3.45. The second-order valence-corrected chi connectivity index (χ2v) is 6.26. The molecule has 0 amide bonds. The van der Waals surface area contributed by atoms with E-state index in [9.17, 15) is 0 Å². The van der Waals surface area contributed by atoms with Crippen molar-refractivity contribution in [2.45, 2.75) is 32.6 Å². The van der Waals surface area contributed by atoms with Gasteiger partial charge in [-0.1, -0.05) is 20.8 Å². The maximum atomic E-state index is 5.72. The zero-order chi connectivity index (χ0) is 14.3. The standard InChI is InChI=1S/C13H24N4OS/c1-13(2,3)10-9-19-11(17-10)5-6-15-12(14)16-7-8-18-4/h9H,5-8H2,1-4H3,(H3,14,15,16). The Kier molecular flexibility index (Phi) is 6.24. The Bertz CT molecular complexity index is 409. The van der Waals surface area contributed by atoms with Crippen LogP contribution >= 0.6 is 11.3 Å². The molecule has 0 saturated heterocycles. The number of nitrogens with zero attached hydrogens (tertiary/aromatic N) is 2. The molecule has 6 heteroatoms. The first kappa shape index (κ1) is 15.9. The minimum atomic E-state index is 0.114. The molecule has 0 saturated carbocycles. The average Bonchev–Trinajstić information content (AvgIpc) is 2.78. The summed E-state index contributed by atoms with van der Waals surface area (Å²) in [4.78, 5) is 8.76. The van der Waals surface area contributed by atoms with Crippen LogP contribution in [0.4, 0.5) is 0 Å². The molecule has 1 heterocycles. The molecule has 0 aliphatic heterocycles. The van der Waals surface area contributed by atoms with Crippen LogP contribution in [0.3, 0.4) is 0 Å². The Morgan fingerprint density at radius 2 is 2.26 bits per heavy atom. The molecule has 0 aliphatic carbocycles. The van der Waals surface area contributed by atoms with Gasteiger partial charge in [0.05, 0.1) is 23.9 Å². The lowest BCUT2D eigenvalue weighted by molar-refractivity contribution is 0.208. The number of aromatic nitrogens is 1. The summed E-state index contributed by atoms with van der Waals surface area (Å²) < 4.78 is 4.90. The molecule has 0 unspecified atom stereocenters. The number of rotatable bonds is 6. The Morgan fingerprint density at radius 1 is 1.53 bits per heavy atom. The van der Waals surface area contributed by atoms with Crippen molar-refractivity contribution < 1.29 is 4.74 Å². The number of nitrogens with two attached hydrogens (primary N) is 1. The van der Waals surface area contributed by atoms with Gasteiger partial charge in [-0.15, -0.1) is 11.3 Å². The molecule has 5 nitrogen and oxygen atoms in total. The fourth-order valence-electron chi connectivity index (χ4n) is 1.38. The first-order valence-electron chi connectivity index (χ1n) is 6.41. The number of nitrogens with one attached hydrogen (secondary N) is 1. The van der Waals surface area contributed by atoms with Gasteiger partial charge < -0.3 is 15.8 Å². The molecule has 0 spiro atoms. The highest BCUT2D eigenvalue weighted by Crippen LogP contribution is 2.23. The van der Waals surface area contributed by atoms with Gasteiger partial charge in [0.1, 0.15) is 0 Å². The SMILES string of the molecule is COCCN=C(N)NCCc1nc(C(C)(C)C)cs1.